The topological polar surface area (TPSA) is 75.0 Å². The molecule has 0 spiro atoms. The van der Waals surface area contributed by atoms with Crippen molar-refractivity contribution in [3.63, 3.8) is 0 Å². The maximum atomic E-state index is 12.1. The number of carbonyl (C=O) groups excluding carboxylic acids is 1. The molecule has 0 saturated heterocycles. The van der Waals surface area contributed by atoms with E-state index in [4.69, 9.17) is 18.6 Å². The van der Waals surface area contributed by atoms with Gasteiger partial charge >= 0.3 is 11.6 Å². The van der Waals surface area contributed by atoms with E-state index in [0.29, 0.717) is 28.0 Å². The maximum Gasteiger partial charge on any atom is 0.346 e. The Morgan fingerprint density at radius 3 is 2.41 bits per heavy atom. The fourth-order valence-corrected chi connectivity index (χ4v) is 2.89. The predicted molar refractivity (Wildman–Crippen MR) is 101 cm³/mol. The van der Waals surface area contributed by atoms with Crippen LogP contribution in [-0.4, -0.2) is 26.3 Å². The summed E-state index contributed by atoms with van der Waals surface area (Å²) in [6, 6.07) is 12.3. The third-order valence-corrected chi connectivity index (χ3v) is 4.19. The summed E-state index contributed by atoms with van der Waals surface area (Å²) in [6.07, 6.45) is -0.810. The molecule has 0 amide bonds. The first-order chi connectivity index (χ1) is 12.9. The minimum absolute atomic E-state index is 0.389. The molecule has 1 aromatic heterocycles. The zero-order chi connectivity index (χ0) is 19.6. The molecular formula is C21H20O6. The molecule has 0 N–H and O–H groups in total. The van der Waals surface area contributed by atoms with Crippen LogP contribution in [0, 0.1) is 6.92 Å². The quantitative estimate of drug-likeness (QED) is 0.505. The van der Waals surface area contributed by atoms with E-state index in [9.17, 15) is 9.59 Å². The first-order valence-corrected chi connectivity index (χ1v) is 8.40. The zero-order valence-electron chi connectivity index (χ0n) is 15.6. The molecule has 0 aliphatic rings. The van der Waals surface area contributed by atoms with Crippen molar-refractivity contribution < 1.29 is 23.4 Å². The van der Waals surface area contributed by atoms with E-state index in [1.165, 1.54) is 13.2 Å². The van der Waals surface area contributed by atoms with Crippen molar-refractivity contribution in [3.05, 3.63) is 58.4 Å². The molecular weight excluding hydrogens is 348 g/mol. The summed E-state index contributed by atoms with van der Waals surface area (Å²) in [5, 5.41) is 0.612. The van der Waals surface area contributed by atoms with E-state index in [1.807, 2.05) is 31.2 Å². The molecule has 0 aliphatic carbocycles. The van der Waals surface area contributed by atoms with Gasteiger partial charge in [0.25, 0.3) is 0 Å². The molecule has 1 heterocycles. The first kappa shape index (κ1) is 18.5. The van der Waals surface area contributed by atoms with Crippen molar-refractivity contribution in [2.45, 2.75) is 20.0 Å². The predicted octanol–water partition coefficient (Wildman–Crippen LogP) is 3.72. The molecule has 3 aromatic rings. The number of esters is 1. The van der Waals surface area contributed by atoms with Crippen LogP contribution in [0.2, 0.25) is 0 Å². The van der Waals surface area contributed by atoms with Crippen LogP contribution >= 0.6 is 0 Å². The van der Waals surface area contributed by atoms with Gasteiger partial charge in [-0.25, -0.2) is 9.59 Å². The molecule has 0 aliphatic heterocycles. The van der Waals surface area contributed by atoms with Crippen LogP contribution in [0.15, 0.2) is 51.7 Å². The molecule has 6 nitrogen and oxygen atoms in total. The monoisotopic (exact) mass is 368 g/mol. The molecule has 0 fully saturated rings. The van der Waals surface area contributed by atoms with Gasteiger partial charge in [0.2, 0.25) is 0 Å². The highest BCUT2D eigenvalue weighted by Gasteiger charge is 2.20. The number of carbonyl (C=O) groups is 1. The lowest BCUT2D eigenvalue weighted by Gasteiger charge is -2.16. The van der Waals surface area contributed by atoms with Crippen LogP contribution in [0.3, 0.4) is 0 Å². The number of aryl methyl sites for hydroxylation is 1. The largest absolute Gasteiger partial charge is 0.497 e. The van der Waals surface area contributed by atoms with Crippen LogP contribution in [0.1, 0.15) is 12.5 Å². The summed E-state index contributed by atoms with van der Waals surface area (Å²) >= 11 is 0. The normalized spacial score (nSPS) is 11.9. The van der Waals surface area contributed by atoms with Crippen molar-refractivity contribution in [1.82, 2.24) is 0 Å². The van der Waals surface area contributed by atoms with Gasteiger partial charge in [0, 0.05) is 11.6 Å². The zero-order valence-corrected chi connectivity index (χ0v) is 15.6. The van der Waals surface area contributed by atoms with Crippen LogP contribution in [-0.2, 0) is 9.53 Å². The summed E-state index contributed by atoms with van der Waals surface area (Å²) < 4.78 is 21.2. The highest BCUT2D eigenvalue weighted by atomic mass is 16.6. The van der Waals surface area contributed by atoms with Gasteiger partial charge in [-0.2, -0.15) is 0 Å². The van der Waals surface area contributed by atoms with Crippen LogP contribution < -0.4 is 15.1 Å². The van der Waals surface area contributed by atoms with Crippen LogP contribution in [0.25, 0.3) is 22.1 Å². The second-order valence-corrected chi connectivity index (χ2v) is 6.13. The third-order valence-electron chi connectivity index (χ3n) is 4.19. The molecule has 140 valence electrons. The lowest BCUT2D eigenvalue weighted by molar-refractivity contribution is -0.147. The molecule has 27 heavy (non-hydrogen) atoms. The van der Waals surface area contributed by atoms with Crippen LogP contribution in [0.5, 0.6) is 11.5 Å². The van der Waals surface area contributed by atoms with Gasteiger partial charge in [-0.1, -0.05) is 12.1 Å². The smallest absolute Gasteiger partial charge is 0.346 e. The van der Waals surface area contributed by atoms with Gasteiger partial charge in [0.1, 0.15) is 17.1 Å². The Hall–Kier alpha value is -3.28. The minimum atomic E-state index is -0.810. The summed E-state index contributed by atoms with van der Waals surface area (Å²) in [4.78, 5) is 23.9. The Morgan fingerprint density at radius 2 is 1.78 bits per heavy atom. The summed E-state index contributed by atoms with van der Waals surface area (Å²) in [5.41, 5.74) is 2.21. The number of ether oxygens (including phenoxy) is 3. The fraction of sp³-hybridized carbons (Fsp3) is 0.238. The molecule has 2 aromatic carbocycles. The average molecular weight is 368 g/mol. The second-order valence-electron chi connectivity index (χ2n) is 6.13. The molecule has 0 unspecified atom stereocenters. The van der Waals surface area contributed by atoms with E-state index in [-0.39, 0.29) is 0 Å². The minimum Gasteiger partial charge on any atom is -0.497 e. The van der Waals surface area contributed by atoms with Gasteiger partial charge in [-0.15, -0.1) is 0 Å². The summed E-state index contributed by atoms with van der Waals surface area (Å²) in [7, 11) is 2.89. The van der Waals surface area contributed by atoms with Gasteiger partial charge < -0.3 is 18.6 Å². The standard InChI is InChI=1S/C21H20O6/c1-12-9-17(26-13(2)21(23)25-4)20-16(11-19(22)27-18(20)10-12)14-5-7-15(24-3)8-6-14/h5-11,13H,1-4H3/t13-/m0/s1. The van der Waals surface area contributed by atoms with Gasteiger partial charge in [0.15, 0.2) is 6.10 Å². The fourth-order valence-electron chi connectivity index (χ4n) is 2.89. The van der Waals surface area contributed by atoms with E-state index < -0.39 is 17.7 Å². The third kappa shape index (κ3) is 3.79. The highest BCUT2D eigenvalue weighted by molar-refractivity contribution is 5.98. The van der Waals surface area contributed by atoms with Crippen molar-refractivity contribution in [2.24, 2.45) is 0 Å². The Labute approximate surface area is 156 Å². The molecule has 6 heteroatoms. The van der Waals surface area contributed by atoms with Crippen molar-refractivity contribution >= 4 is 16.9 Å². The Balaban J connectivity index is 2.23. The molecule has 0 radical (unpaired) electrons. The average Bonchev–Trinajstić information content (AvgIpc) is 2.66. The number of fused-ring (bicyclic) bond motifs is 1. The number of rotatable bonds is 5. The van der Waals surface area contributed by atoms with Gasteiger partial charge in [0.05, 0.1) is 19.6 Å². The van der Waals surface area contributed by atoms with Crippen LogP contribution in [0.4, 0.5) is 0 Å². The second kappa shape index (κ2) is 7.53. The van der Waals surface area contributed by atoms with E-state index in [2.05, 4.69) is 0 Å². The number of benzene rings is 2. The van der Waals surface area contributed by atoms with E-state index in [0.717, 1.165) is 11.1 Å². The Kier molecular flexibility index (Phi) is 5.16. The van der Waals surface area contributed by atoms with Crippen molar-refractivity contribution in [2.75, 3.05) is 14.2 Å². The Morgan fingerprint density at radius 1 is 1.07 bits per heavy atom. The van der Waals surface area contributed by atoms with Crippen molar-refractivity contribution in [3.8, 4) is 22.6 Å². The number of hydrogen-bond donors (Lipinski definition) is 0. The summed E-state index contributed by atoms with van der Waals surface area (Å²) in [5.74, 6) is 0.656. The molecule has 0 bridgehead atoms. The lowest BCUT2D eigenvalue weighted by Crippen LogP contribution is -2.25. The summed E-state index contributed by atoms with van der Waals surface area (Å²) in [6.45, 7) is 3.46. The maximum absolute atomic E-state index is 12.1. The van der Waals surface area contributed by atoms with Crippen molar-refractivity contribution in [1.29, 1.82) is 0 Å². The first-order valence-electron chi connectivity index (χ1n) is 8.40. The number of methoxy groups -OCH3 is 2. The van der Waals surface area contributed by atoms with E-state index in [1.54, 1.807) is 26.2 Å². The molecule has 0 saturated carbocycles. The van der Waals surface area contributed by atoms with Gasteiger partial charge in [-0.05, 0) is 49.2 Å². The molecule has 1 atom stereocenters. The van der Waals surface area contributed by atoms with Gasteiger partial charge in [-0.3, -0.25) is 0 Å². The Bertz CT molecular complexity index is 1030. The lowest BCUT2D eigenvalue weighted by atomic mass is 10.00. The van der Waals surface area contributed by atoms with E-state index >= 15 is 0 Å². The SMILES string of the molecule is COC(=O)[C@H](C)Oc1cc(C)cc2oc(=O)cc(-c3ccc(OC)cc3)c12. The molecule has 3 rings (SSSR count). The number of hydrogen-bond acceptors (Lipinski definition) is 6. The highest BCUT2D eigenvalue weighted by Crippen LogP contribution is 2.36.